The first-order valence-electron chi connectivity index (χ1n) is 9.42. The molecule has 30 heavy (non-hydrogen) atoms. The molecule has 0 radical (unpaired) electrons. The number of amides is 3. The molecule has 158 valence electrons. The predicted octanol–water partition coefficient (Wildman–Crippen LogP) is 2.72. The molecule has 0 unspecified atom stereocenters. The number of aromatic hydroxyl groups is 1. The van der Waals surface area contributed by atoms with E-state index in [4.69, 9.17) is 9.47 Å². The number of carbonyl (C=O) groups excluding carboxylic acids is 3. The number of carbonyl (C=O) groups is 3. The van der Waals surface area contributed by atoms with Crippen molar-refractivity contribution in [1.29, 1.82) is 0 Å². The van der Waals surface area contributed by atoms with Gasteiger partial charge in [0.15, 0.2) is 18.1 Å². The van der Waals surface area contributed by atoms with E-state index in [1.165, 1.54) is 6.07 Å². The summed E-state index contributed by atoms with van der Waals surface area (Å²) in [4.78, 5) is 35.9. The quantitative estimate of drug-likeness (QED) is 0.349. The van der Waals surface area contributed by atoms with Crippen molar-refractivity contribution in [3.8, 4) is 11.5 Å². The molecule has 0 atom stereocenters. The minimum absolute atomic E-state index is 0.0140. The number of benzene rings is 2. The Bertz CT molecular complexity index is 924. The molecule has 2 aromatic rings. The molecular formula is C22H24N2O6. The van der Waals surface area contributed by atoms with Crippen LogP contribution in [0, 0.1) is 0 Å². The zero-order chi connectivity index (χ0) is 21.9. The van der Waals surface area contributed by atoms with Gasteiger partial charge in [-0.2, -0.15) is 0 Å². The van der Waals surface area contributed by atoms with E-state index in [1.54, 1.807) is 62.4 Å². The van der Waals surface area contributed by atoms with Gasteiger partial charge in [0.25, 0.3) is 5.91 Å². The average molecular weight is 412 g/mol. The van der Waals surface area contributed by atoms with Crippen LogP contribution in [0.5, 0.6) is 11.5 Å². The molecule has 0 heterocycles. The highest BCUT2D eigenvalue weighted by Crippen LogP contribution is 2.29. The molecule has 3 N–H and O–H groups in total. The highest BCUT2D eigenvalue weighted by molar-refractivity contribution is 6.22. The van der Waals surface area contributed by atoms with Crippen LogP contribution in [-0.2, 0) is 14.3 Å². The fourth-order valence-electron chi connectivity index (χ4n) is 2.51. The smallest absolute Gasteiger partial charge is 0.339 e. The molecule has 2 aromatic carbocycles. The Morgan fingerprint density at radius 2 is 1.80 bits per heavy atom. The second-order valence-corrected chi connectivity index (χ2v) is 6.07. The first kappa shape index (κ1) is 22.5. The van der Waals surface area contributed by atoms with Crippen LogP contribution in [0.15, 0.2) is 48.5 Å². The molecule has 8 nitrogen and oxygen atoms in total. The molecular weight excluding hydrogens is 388 g/mol. The molecule has 0 bridgehead atoms. The summed E-state index contributed by atoms with van der Waals surface area (Å²) in [6.07, 6.45) is 1.57. The number of rotatable bonds is 8. The van der Waals surface area contributed by atoms with E-state index in [1.807, 2.05) is 0 Å². The van der Waals surface area contributed by atoms with E-state index < -0.39 is 24.5 Å². The molecule has 0 aliphatic carbocycles. The van der Waals surface area contributed by atoms with Crippen LogP contribution in [0.1, 0.15) is 25.0 Å². The maximum atomic E-state index is 12.7. The summed E-state index contributed by atoms with van der Waals surface area (Å²) in [7, 11) is 0. The maximum Gasteiger partial charge on any atom is 0.339 e. The third-order valence-electron chi connectivity index (χ3n) is 3.82. The Kier molecular flexibility index (Phi) is 8.43. The van der Waals surface area contributed by atoms with Gasteiger partial charge < -0.3 is 19.9 Å². The van der Waals surface area contributed by atoms with Crippen LogP contribution >= 0.6 is 0 Å². The van der Waals surface area contributed by atoms with Crippen LogP contribution in [0.25, 0.3) is 11.6 Å². The lowest BCUT2D eigenvalue weighted by molar-refractivity contribution is -0.142. The summed E-state index contributed by atoms with van der Waals surface area (Å²) in [5, 5.41) is 14.3. The van der Waals surface area contributed by atoms with Crippen LogP contribution in [-0.4, -0.2) is 42.8 Å². The Morgan fingerprint density at radius 1 is 1.07 bits per heavy atom. The van der Waals surface area contributed by atoms with Gasteiger partial charge in [0.2, 0.25) is 0 Å². The zero-order valence-electron chi connectivity index (χ0n) is 16.8. The fourth-order valence-corrected chi connectivity index (χ4v) is 2.51. The summed E-state index contributed by atoms with van der Waals surface area (Å²) in [5.41, 5.74) is 1.38. The predicted molar refractivity (Wildman–Crippen MR) is 112 cm³/mol. The van der Waals surface area contributed by atoms with Gasteiger partial charge in [0, 0.05) is 6.54 Å². The lowest BCUT2D eigenvalue weighted by Gasteiger charge is -2.10. The number of nitrogens with one attached hydrogen (secondary N) is 2. The number of imide groups is 1. The SMILES string of the molecule is CCNC(=O)NC(=O)COC(=O)/C(=C/c1ccc(O)c(OCC)c1)c1ccccc1. The fraction of sp³-hybridized carbons (Fsp3) is 0.227. The molecule has 3 amide bonds. The van der Waals surface area contributed by atoms with Crippen molar-refractivity contribution in [2.45, 2.75) is 13.8 Å². The monoisotopic (exact) mass is 412 g/mol. The van der Waals surface area contributed by atoms with Crippen molar-refractivity contribution >= 4 is 29.6 Å². The van der Waals surface area contributed by atoms with Gasteiger partial charge in [-0.15, -0.1) is 0 Å². The second kappa shape index (κ2) is 11.3. The zero-order valence-corrected chi connectivity index (χ0v) is 16.8. The Labute approximate surface area is 174 Å². The molecule has 0 aromatic heterocycles. The first-order valence-corrected chi connectivity index (χ1v) is 9.42. The van der Waals surface area contributed by atoms with Crippen molar-refractivity contribution in [3.63, 3.8) is 0 Å². The number of phenolic OH excluding ortho intramolecular Hbond substituents is 1. The number of hydrogen-bond donors (Lipinski definition) is 3. The van der Waals surface area contributed by atoms with Crippen LogP contribution in [0.3, 0.4) is 0 Å². The van der Waals surface area contributed by atoms with E-state index in [-0.39, 0.29) is 17.1 Å². The number of esters is 1. The largest absolute Gasteiger partial charge is 0.504 e. The second-order valence-electron chi connectivity index (χ2n) is 6.07. The van der Waals surface area contributed by atoms with Crippen LogP contribution in [0.4, 0.5) is 4.79 Å². The third-order valence-corrected chi connectivity index (χ3v) is 3.82. The van der Waals surface area contributed by atoms with E-state index in [0.717, 1.165) is 0 Å². The van der Waals surface area contributed by atoms with Gasteiger partial charge in [-0.25, -0.2) is 9.59 Å². The summed E-state index contributed by atoms with van der Waals surface area (Å²) in [6.45, 7) is 3.62. The summed E-state index contributed by atoms with van der Waals surface area (Å²) >= 11 is 0. The Morgan fingerprint density at radius 3 is 2.47 bits per heavy atom. The number of phenols is 1. The van der Waals surface area contributed by atoms with Gasteiger partial charge in [0.1, 0.15) is 0 Å². The summed E-state index contributed by atoms with van der Waals surface area (Å²) in [5.74, 6) is -1.21. The van der Waals surface area contributed by atoms with Crippen LogP contribution in [0.2, 0.25) is 0 Å². The molecule has 2 rings (SSSR count). The minimum atomic E-state index is -0.745. The topological polar surface area (TPSA) is 114 Å². The lowest BCUT2D eigenvalue weighted by Crippen LogP contribution is -2.41. The van der Waals surface area contributed by atoms with E-state index >= 15 is 0 Å². The van der Waals surface area contributed by atoms with Crippen molar-refractivity contribution in [3.05, 3.63) is 59.7 Å². The van der Waals surface area contributed by atoms with Crippen molar-refractivity contribution in [2.24, 2.45) is 0 Å². The molecule has 0 aliphatic rings. The van der Waals surface area contributed by atoms with Gasteiger partial charge in [-0.05, 0) is 43.2 Å². The Balaban J connectivity index is 2.23. The van der Waals surface area contributed by atoms with Crippen LogP contribution < -0.4 is 15.4 Å². The molecule has 0 fully saturated rings. The summed E-state index contributed by atoms with van der Waals surface area (Å²) < 4.78 is 10.5. The summed E-state index contributed by atoms with van der Waals surface area (Å²) in [6, 6.07) is 12.8. The van der Waals surface area contributed by atoms with Crippen molar-refractivity contribution < 1.29 is 29.0 Å². The minimum Gasteiger partial charge on any atom is -0.504 e. The third kappa shape index (κ3) is 6.66. The van der Waals surface area contributed by atoms with Gasteiger partial charge >= 0.3 is 12.0 Å². The molecule has 0 spiro atoms. The van der Waals surface area contributed by atoms with E-state index in [2.05, 4.69) is 10.6 Å². The highest BCUT2D eigenvalue weighted by atomic mass is 16.5. The first-order chi connectivity index (χ1) is 14.4. The highest BCUT2D eigenvalue weighted by Gasteiger charge is 2.17. The number of hydrogen-bond acceptors (Lipinski definition) is 6. The Hall–Kier alpha value is -3.81. The molecule has 0 saturated carbocycles. The average Bonchev–Trinajstić information content (AvgIpc) is 2.73. The standard InChI is InChI=1S/C22H24N2O6/c1-3-23-22(28)24-20(26)14-30-21(27)17(16-8-6-5-7-9-16)12-15-10-11-18(25)19(13-15)29-4-2/h5-13,25H,3-4,14H2,1-2H3,(H2,23,24,26,28)/b17-12+. The van der Waals surface area contributed by atoms with Crippen molar-refractivity contribution in [1.82, 2.24) is 10.6 Å². The van der Waals surface area contributed by atoms with Gasteiger partial charge in [0.05, 0.1) is 12.2 Å². The maximum absolute atomic E-state index is 12.7. The van der Waals surface area contributed by atoms with Gasteiger partial charge in [-0.3, -0.25) is 10.1 Å². The van der Waals surface area contributed by atoms with Crippen molar-refractivity contribution in [2.75, 3.05) is 19.8 Å². The van der Waals surface area contributed by atoms with Gasteiger partial charge in [-0.1, -0.05) is 36.4 Å². The van der Waals surface area contributed by atoms with E-state index in [9.17, 15) is 19.5 Å². The van der Waals surface area contributed by atoms with E-state index in [0.29, 0.717) is 24.3 Å². The number of urea groups is 1. The molecule has 0 aliphatic heterocycles. The lowest BCUT2D eigenvalue weighted by atomic mass is 10.0. The number of ether oxygens (including phenoxy) is 2. The molecule has 0 saturated heterocycles. The normalized spacial score (nSPS) is 10.8. The molecule has 8 heteroatoms.